The predicted molar refractivity (Wildman–Crippen MR) is 57.8 cm³/mol. The first kappa shape index (κ1) is 11.8. The predicted octanol–water partition coefficient (Wildman–Crippen LogP) is 0.523. The Bertz CT molecular complexity index is 195. The number of hydrogen-bond donors (Lipinski definition) is 2. The molecule has 1 fully saturated rings. The maximum absolute atomic E-state index is 11.5. The number of rotatable bonds is 4. The van der Waals surface area contributed by atoms with Crippen molar-refractivity contribution < 1.29 is 9.53 Å². The van der Waals surface area contributed by atoms with Crippen molar-refractivity contribution in [2.75, 3.05) is 12.3 Å². The molecule has 1 aliphatic rings. The fourth-order valence-corrected chi connectivity index (χ4v) is 2.00. The van der Waals surface area contributed by atoms with Crippen molar-refractivity contribution in [3.05, 3.63) is 0 Å². The van der Waals surface area contributed by atoms with Crippen LogP contribution in [-0.2, 0) is 9.53 Å². The van der Waals surface area contributed by atoms with Crippen LogP contribution in [-0.4, -0.2) is 29.9 Å². The van der Waals surface area contributed by atoms with Crippen molar-refractivity contribution in [2.24, 2.45) is 11.7 Å². The molecule has 0 aliphatic carbocycles. The van der Waals surface area contributed by atoms with Gasteiger partial charge in [-0.25, -0.2) is 0 Å². The molecule has 1 saturated heterocycles. The number of hydrogen-bond acceptors (Lipinski definition) is 5. The smallest absolute Gasteiger partial charge is 0.325 e. The number of ether oxygens (including phenoxy) is 1. The van der Waals surface area contributed by atoms with Crippen LogP contribution in [0.3, 0.4) is 0 Å². The molecule has 3 N–H and O–H groups in total. The Kier molecular flexibility index (Phi) is 4.71. The maximum Gasteiger partial charge on any atom is 0.325 e. The minimum atomic E-state index is -0.497. The second-order valence-corrected chi connectivity index (χ2v) is 4.67. The van der Waals surface area contributed by atoms with Crippen molar-refractivity contribution in [3.8, 4) is 0 Å². The molecule has 14 heavy (non-hydrogen) atoms. The van der Waals surface area contributed by atoms with Crippen LogP contribution in [0.2, 0.25) is 0 Å². The Hall–Kier alpha value is -0.260. The van der Waals surface area contributed by atoms with E-state index in [4.69, 9.17) is 10.5 Å². The molecule has 82 valence electrons. The standard InChI is InChI=1S/C9H18N2O2S/c1-3-6(2)7(10)8(12)13-9-11-4-5-14-9/h6-7,9,11H,3-5,10H2,1-2H3/t6-,7-,9?/m0/s1. The minimum Gasteiger partial charge on any atom is -0.436 e. The summed E-state index contributed by atoms with van der Waals surface area (Å²) >= 11 is 1.60. The van der Waals surface area contributed by atoms with Gasteiger partial charge in [0, 0.05) is 12.3 Å². The number of nitrogens with two attached hydrogens (primary N) is 1. The van der Waals surface area contributed by atoms with E-state index in [1.54, 1.807) is 11.8 Å². The third-order valence-corrected chi connectivity index (χ3v) is 3.44. The molecule has 1 unspecified atom stereocenters. The van der Waals surface area contributed by atoms with Gasteiger partial charge in [0.2, 0.25) is 5.56 Å². The van der Waals surface area contributed by atoms with Crippen molar-refractivity contribution in [1.82, 2.24) is 5.32 Å². The minimum absolute atomic E-state index is 0.175. The Morgan fingerprint density at radius 2 is 2.50 bits per heavy atom. The Morgan fingerprint density at radius 3 is 3.00 bits per heavy atom. The molecule has 0 radical (unpaired) electrons. The lowest BCUT2D eigenvalue weighted by atomic mass is 10.0. The van der Waals surface area contributed by atoms with Crippen LogP contribution in [0, 0.1) is 5.92 Å². The normalized spacial score (nSPS) is 25.8. The van der Waals surface area contributed by atoms with Crippen LogP contribution in [0.4, 0.5) is 0 Å². The molecule has 0 spiro atoms. The lowest BCUT2D eigenvalue weighted by Crippen LogP contribution is -2.41. The molecular formula is C9H18N2O2S. The van der Waals surface area contributed by atoms with E-state index >= 15 is 0 Å². The van der Waals surface area contributed by atoms with Gasteiger partial charge in [-0.05, 0) is 5.92 Å². The molecule has 4 nitrogen and oxygen atoms in total. The van der Waals surface area contributed by atoms with Gasteiger partial charge < -0.3 is 10.5 Å². The van der Waals surface area contributed by atoms with Gasteiger partial charge in [-0.15, -0.1) is 11.8 Å². The molecule has 0 amide bonds. The van der Waals surface area contributed by atoms with Gasteiger partial charge in [-0.2, -0.15) is 0 Å². The molecule has 1 rings (SSSR count). The summed E-state index contributed by atoms with van der Waals surface area (Å²) in [7, 11) is 0. The number of esters is 1. The SMILES string of the molecule is CC[C@H](C)[C@H](N)C(=O)OC1NCCS1. The first-order valence-corrected chi connectivity index (χ1v) is 6.01. The van der Waals surface area contributed by atoms with Gasteiger partial charge in [0.15, 0.2) is 0 Å². The molecular weight excluding hydrogens is 200 g/mol. The molecule has 5 heteroatoms. The number of nitrogens with one attached hydrogen (secondary N) is 1. The average molecular weight is 218 g/mol. The van der Waals surface area contributed by atoms with Crippen molar-refractivity contribution in [3.63, 3.8) is 0 Å². The molecule has 1 aliphatic heterocycles. The van der Waals surface area contributed by atoms with Crippen LogP contribution in [0.25, 0.3) is 0 Å². The summed E-state index contributed by atoms with van der Waals surface area (Å²) in [6, 6.07) is -0.497. The summed E-state index contributed by atoms with van der Waals surface area (Å²) < 4.78 is 5.18. The zero-order valence-corrected chi connectivity index (χ0v) is 9.47. The summed E-state index contributed by atoms with van der Waals surface area (Å²) in [6.45, 7) is 4.86. The topological polar surface area (TPSA) is 64.4 Å². The highest BCUT2D eigenvalue weighted by Gasteiger charge is 2.25. The first-order valence-electron chi connectivity index (χ1n) is 4.96. The molecule has 3 atom stereocenters. The molecule has 0 aromatic rings. The number of carbonyl (C=O) groups is 1. The second-order valence-electron chi connectivity index (χ2n) is 3.51. The van der Waals surface area contributed by atoms with E-state index in [0.29, 0.717) is 0 Å². The zero-order chi connectivity index (χ0) is 10.6. The van der Waals surface area contributed by atoms with Crippen molar-refractivity contribution in [2.45, 2.75) is 31.9 Å². The summed E-state index contributed by atoms with van der Waals surface area (Å²) in [5, 5.41) is 3.06. The first-order chi connectivity index (χ1) is 6.65. The highest BCUT2D eigenvalue weighted by atomic mass is 32.2. The lowest BCUT2D eigenvalue weighted by molar-refractivity contribution is -0.148. The number of thioether (sulfide) groups is 1. The van der Waals surface area contributed by atoms with Crippen LogP contribution in [0.1, 0.15) is 20.3 Å². The summed E-state index contributed by atoms with van der Waals surface area (Å²) in [6.07, 6.45) is 0.890. The Labute approximate surface area is 88.9 Å². The third kappa shape index (κ3) is 3.15. The van der Waals surface area contributed by atoms with Crippen LogP contribution in [0.5, 0.6) is 0 Å². The van der Waals surface area contributed by atoms with Crippen molar-refractivity contribution >= 4 is 17.7 Å². The van der Waals surface area contributed by atoms with Crippen LogP contribution >= 0.6 is 11.8 Å². The van der Waals surface area contributed by atoms with E-state index < -0.39 is 6.04 Å². The summed E-state index contributed by atoms with van der Waals surface area (Å²) in [5.74, 6) is 0.858. The van der Waals surface area contributed by atoms with E-state index in [1.807, 2.05) is 13.8 Å². The second kappa shape index (κ2) is 5.58. The highest BCUT2D eigenvalue weighted by Crippen LogP contribution is 2.16. The lowest BCUT2D eigenvalue weighted by Gasteiger charge is -2.19. The molecule has 1 heterocycles. The fourth-order valence-electron chi connectivity index (χ4n) is 1.15. The molecule has 0 saturated carbocycles. The Balaban J connectivity index is 2.32. The zero-order valence-electron chi connectivity index (χ0n) is 8.66. The summed E-state index contributed by atoms with van der Waals surface area (Å²) in [5.41, 5.74) is 5.54. The maximum atomic E-state index is 11.5. The number of carbonyl (C=O) groups excluding carboxylic acids is 1. The van der Waals surface area contributed by atoms with Crippen LogP contribution in [0.15, 0.2) is 0 Å². The quantitative estimate of drug-likeness (QED) is 0.674. The third-order valence-electron chi connectivity index (χ3n) is 2.43. The van der Waals surface area contributed by atoms with E-state index in [0.717, 1.165) is 18.7 Å². The molecule has 0 bridgehead atoms. The van der Waals surface area contributed by atoms with E-state index in [2.05, 4.69) is 5.32 Å². The summed E-state index contributed by atoms with van der Waals surface area (Å²) in [4.78, 5) is 11.5. The van der Waals surface area contributed by atoms with Gasteiger partial charge in [0.05, 0.1) is 0 Å². The van der Waals surface area contributed by atoms with Crippen LogP contribution < -0.4 is 11.1 Å². The fraction of sp³-hybridized carbons (Fsp3) is 0.889. The average Bonchev–Trinajstić information content (AvgIpc) is 2.68. The molecule has 0 aromatic heterocycles. The van der Waals surface area contributed by atoms with Gasteiger partial charge in [-0.3, -0.25) is 10.1 Å². The van der Waals surface area contributed by atoms with Gasteiger partial charge in [0.25, 0.3) is 0 Å². The van der Waals surface area contributed by atoms with Gasteiger partial charge in [-0.1, -0.05) is 20.3 Å². The van der Waals surface area contributed by atoms with Gasteiger partial charge in [0.1, 0.15) is 6.04 Å². The van der Waals surface area contributed by atoms with Gasteiger partial charge >= 0.3 is 5.97 Å². The Morgan fingerprint density at radius 1 is 1.79 bits per heavy atom. The van der Waals surface area contributed by atoms with E-state index in [-0.39, 0.29) is 17.4 Å². The highest BCUT2D eigenvalue weighted by molar-refractivity contribution is 8.00. The van der Waals surface area contributed by atoms with Crippen molar-refractivity contribution in [1.29, 1.82) is 0 Å². The van der Waals surface area contributed by atoms with E-state index in [1.165, 1.54) is 0 Å². The largest absolute Gasteiger partial charge is 0.436 e. The van der Waals surface area contributed by atoms with E-state index in [9.17, 15) is 4.79 Å². The monoisotopic (exact) mass is 218 g/mol. The molecule has 0 aromatic carbocycles.